The predicted octanol–water partition coefficient (Wildman–Crippen LogP) is 3.53. The van der Waals surface area contributed by atoms with Gasteiger partial charge in [0, 0.05) is 23.4 Å². The minimum Gasteiger partial charge on any atom is -0.497 e. The number of carbonyl (C=O) groups excluding carboxylic acids is 1. The van der Waals surface area contributed by atoms with Gasteiger partial charge in [-0.2, -0.15) is 0 Å². The van der Waals surface area contributed by atoms with E-state index in [1.165, 1.54) is 32.4 Å². The van der Waals surface area contributed by atoms with Crippen molar-refractivity contribution >= 4 is 27.3 Å². The van der Waals surface area contributed by atoms with Gasteiger partial charge in [0.25, 0.3) is 15.9 Å². The molecular weight excluding hydrogens is 448 g/mol. The number of amides is 1. The second-order valence-corrected chi connectivity index (χ2v) is 8.69. The minimum atomic E-state index is -3.92. The molecule has 9 nitrogen and oxygen atoms in total. The quantitative estimate of drug-likeness (QED) is 0.543. The fourth-order valence-corrected chi connectivity index (χ4v) is 4.29. The number of carbonyl (C=O) groups is 1. The van der Waals surface area contributed by atoms with Gasteiger partial charge >= 0.3 is 0 Å². The third-order valence-corrected chi connectivity index (χ3v) is 6.24. The van der Waals surface area contributed by atoms with Gasteiger partial charge < -0.3 is 24.3 Å². The highest BCUT2D eigenvalue weighted by atomic mass is 32.2. The average Bonchev–Trinajstić information content (AvgIpc) is 2.83. The molecule has 1 heterocycles. The summed E-state index contributed by atoms with van der Waals surface area (Å²) >= 11 is 0. The van der Waals surface area contributed by atoms with Gasteiger partial charge in [0.05, 0.1) is 24.8 Å². The van der Waals surface area contributed by atoms with Crippen LogP contribution in [0.25, 0.3) is 0 Å². The van der Waals surface area contributed by atoms with Crippen molar-refractivity contribution in [1.82, 2.24) is 0 Å². The number of nitrogens with one attached hydrogen (secondary N) is 2. The van der Waals surface area contributed by atoms with E-state index in [-0.39, 0.29) is 16.1 Å². The SMILES string of the molecule is COc1ccc(NC(=O)c2cccc(NS(=O)(=O)c3ccc4c(c3)OCCO4)c2)c(OC)c1. The number of sulfonamides is 1. The summed E-state index contributed by atoms with van der Waals surface area (Å²) in [6.45, 7) is 0.759. The molecule has 0 radical (unpaired) electrons. The van der Waals surface area contributed by atoms with Gasteiger partial charge in [0.2, 0.25) is 0 Å². The molecule has 1 aliphatic rings. The molecule has 33 heavy (non-hydrogen) atoms. The number of ether oxygens (including phenoxy) is 4. The van der Waals surface area contributed by atoms with E-state index in [0.717, 1.165) is 0 Å². The summed E-state index contributed by atoms with van der Waals surface area (Å²) in [5.74, 6) is 1.44. The number of anilines is 2. The van der Waals surface area contributed by atoms with Crippen molar-refractivity contribution in [2.24, 2.45) is 0 Å². The van der Waals surface area contributed by atoms with Gasteiger partial charge in [-0.1, -0.05) is 6.07 Å². The van der Waals surface area contributed by atoms with Crippen LogP contribution in [0.2, 0.25) is 0 Å². The van der Waals surface area contributed by atoms with Crippen LogP contribution in [0.5, 0.6) is 23.0 Å². The van der Waals surface area contributed by atoms with E-state index in [4.69, 9.17) is 18.9 Å². The first-order chi connectivity index (χ1) is 15.9. The van der Waals surface area contributed by atoms with Crippen molar-refractivity contribution in [3.63, 3.8) is 0 Å². The molecule has 0 unspecified atom stereocenters. The number of fused-ring (bicyclic) bond motifs is 1. The first-order valence-corrected chi connectivity index (χ1v) is 11.4. The molecular formula is C23H22N2O7S. The molecule has 0 spiro atoms. The normalized spacial score (nSPS) is 12.5. The minimum absolute atomic E-state index is 0.0181. The van der Waals surface area contributed by atoms with E-state index in [1.807, 2.05) is 0 Å². The molecule has 0 aromatic heterocycles. The standard InChI is InChI=1S/C23H22N2O7S/c1-29-17-6-8-19(21(13-17)30-2)24-23(26)15-4-3-5-16(12-15)25-33(27,28)18-7-9-20-22(14-18)32-11-10-31-20/h3-9,12-14,25H,10-11H2,1-2H3,(H,24,26). The molecule has 0 fully saturated rings. The van der Waals surface area contributed by atoms with Gasteiger partial charge in [0.1, 0.15) is 24.7 Å². The van der Waals surface area contributed by atoms with Crippen molar-refractivity contribution in [3.05, 3.63) is 66.2 Å². The third kappa shape index (κ3) is 4.96. The van der Waals surface area contributed by atoms with Crippen LogP contribution in [0.1, 0.15) is 10.4 Å². The van der Waals surface area contributed by atoms with Gasteiger partial charge in [0.15, 0.2) is 11.5 Å². The van der Waals surface area contributed by atoms with Crippen LogP contribution < -0.4 is 29.0 Å². The van der Waals surface area contributed by atoms with Crippen molar-refractivity contribution in [1.29, 1.82) is 0 Å². The highest BCUT2D eigenvalue weighted by molar-refractivity contribution is 7.92. The van der Waals surface area contributed by atoms with E-state index in [9.17, 15) is 13.2 Å². The number of rotatable bonds is 7. The second-order valence-electron chi connectivity index (χ2n) is 7.01. The summed E-state index contributed by atoms with van der Waals surface area (Å²) in [5, 5.41) is 2.76. The zero-order valence-corrected chi connectivity index (χ0v) is 18.8. The van der Waals surface area contributed by atoms with Crippen LogP contribution in [-0.2, 0) is 10.0 Å². The molecule has 10 heteroatoms. The highest BCUT2D eigenvalue weighted by Crippen LogP contribution is 2.33. The average molecular weight is 471 g/mol. The van der Waals surface area contributed by atoms with E-state index in [0.29, 0.717) is 41.9 Å². The van der Waals surface area contributed by atoms with Gasteiger partial charge in [-0.25, -0.2) is 8.42 Å². The molecule has 1 amide bonds. The largest absolute Gasteiger partial charge is 0.497 e. The highest BCUT2D eigenvalue weighted by Gasteiger charge is 2.20. The molecule has 172 valence electrons. The Hall–Kier alpha value is -3.92. The van der Waals surface area contributed by atoms with Crippen molar-refractivity contribution < 1.29 is 32.2 Å². The maximum atomic E-state index is 12.9. The van der Waals surface area contributed by atoms with Crippen LogP contribution in [0.15, 0.2) is 65.6 Å². The van der Waals surface area contributed by atoms with Gasteiger partial charge in [-0.3, -0.25) is 9.52 Å². The zero-order chi connectivity index (χ0) is 23.4. The lowest BCUT2D eigenvalue weighted by molar-refractivity contribution is 0.102. The Bertz CT molecular complexity index is 1290. The molecule has 0 saturated carbocycles. The molecule has 0 saturated heterocycles. The lowest BCUT2D eigenvalue weighted by atomic mass is 10.2. The lowest BCUT2D eigenvalue weighted by Gasteiger charge is -2.19. The summed E-state index contributed by atoms with van der Waals surface area (Å²) in [4.78, 5) is 12.8. The smallest absolute Gasteiger partial charge is 0.262 e. The van der Waals surface area contributed by atoms with Crippen LogP contribution >= 0.6 is 0 Å². The van der Waals surface area contributed by atoms with Gasteiger partial charge in [-0.05, 0) is 42.5 Å². The fourth-order valence-electron chi connectivity index (χ4n) is 3.23. The molecule has 4 rings (SSSR count). The first-order valence-electron chi connectivity index (χ1n) is 9.95. The Balaban J connectivity index is 1.52. The molecule has 3 aromatic rings. The number of benzene rings is 3. The van der Waals surface area contributed by atoms with E-state index >= 15 is 0 Å². The topological polar surface area (TPSA) is 112 Å². The Morgan fingerprint density at radius 2 is 1.70 bits per heavy atom. The van der Waals surface area contributed by atoms with E-state index in [2.05, 4.69) is 10.0 Å². The zero-order valence-electron chi connectivity index (χ0n) is 18.0. The molecule has 3 aromatic carbocycles. The van der Waals surface area contributed by atoms with E-state index < -0.39 is 15.9 Å². The van der Waals surface area contributed by atoms with Crippen molar-refractivity contribution in [3.8, 4) is 23.0 Å². The number of hydrogen-bond acceptors (Lipinski definition) is 7. The Morgan fingerprint density at radius 1 is 0.909 bits per heavy atom. The predicted molar refractivity (Wildman–Crippen MR) is 122 cm³/mol. The van der Waals surface area contributed by atoms with Crippen molar-refractivity contribution in [2.75, 3.05) is 37.5 Å². The lowest BCUT2D eigenvalue weighted by Crippen LogP contribution is -2.18. The number of hydrogen-bond donors (Lipinski definition) is 2. The summed E-state index contributed by atoms with van der Waals surface area (Å²) in [6.07, 6.45) is 0. The van der Waals surface area contributed by atoms with Gasteiger partial charge in [-0.15, -0.1) is 0 Å². The summed E-state index contributed by atoms with van der Waals surface area (Å²) in [7, 11) is -0.902. The van der Waals surface area contributed by atoms with E-state index in [1.54, 1.807) is 42.5 Å². The van der Waals surface area contributed by atoms with Crippen molar-refractivity contribution in [2.45, 2.75) is 4.90 Å². The molecule has 2 N–H and O–H groups in total. The van der Waals surface area contributed by atoms with Crippen LogP contribution in [-0.4, -0.2) is 41.8 Å². The Kier molecular flexibility index (Phi) is 6.27. The first kappa shape index (κ1) is 22.3. The maximum absolute atomic E-state index is 12.9. The van der Waals surface area contributed by atoms with Crippen LogP contribution in [0, 0.1) is 0 Å². The van der Waals surface area contributed by atoms with Crippen LogP contribution in [0.4, 0.5) is 11.4 Å². The molecule has 1 aliphatic heterocycles. The Labute approximate surface area is 191 Å². The maximum Gasteiger partial charge on any atom is 0.262 e. The number of methoxy groups -OCH3 is 2. The summed E-state index contributed by atoms with van der Waals surface area (Å²) in [6, 6.07) is 15.5. The molecule has 0 bridgehead atoms. The van der Waals surface area contributed by atoms with Crippen LogP contribution in [0.3, 0.4) is 0 Å². The monoisotopic (exact) mass is 470 g/mol. The summed E-state index contributed by atoms with van der Waals surface area (Å²) in [5.41, 5.74) is 0.944. The third-order valence-electron chi connectivity index (χ3n) is 4.86. The summed E-state index contributed by atoms with van der Waals surface area (Å²) < 4.78 is 49.6. The molecule has 0 aliphatic carbocycles. The fraction of sp³-hybridized carbons (Fsp3) is 0.174. The molecule has 0 atom stereocenters. The Morgan fingerprint density at radius 3 is 2.45 bits per heavy atom. The second kappa shape index (κ2) is 9.29.